The summed E-state index contributed by atoms with van der Waals surface area (Å²) in [6.45, 7) is 4.96. The van der Waals surface area contributed by atoms with Crippen molar-refractivity contribution in [2.45, 2.75) is 19.4 Å². The molecule has 2 saturated heterocycles. The third kappa shape index (κ3) is 6.52. The Kier molecular flexibility index (Phi) is 8.46. The monoisotopic (exact) mass is 592 g/mol. The first-order chi connectivity index (χ1) is 21.4. The van der Waals surface area contributed by atoms with Crippen molar-refractivity contribution in [3.8, 4) is 0 Å². The van der Waals surface area contributed by atoms with Crippen LogP contribution in [0.25, 0.3) is 0 Å². The molecule has 11 heteroatoms. The third-order valence-electron chi connectivity index (χ3n) is 7.62. The van der Waals surface area contributed by atoms with E-state index in [1.165, 1.54) is 4.90 Å². The molecule has 0 spiro atoms. The number of hydrogen-bond acceptors (Lipinski definition) is 9. The van der Waals surface area contributed by atoms with Gasteiger partial charge in [-0.05, 0) is 53.9 Å². The SMILES string of the molecule is Cc1ccc(NC(=O)c2ccc(CC(=O)N3C(=O)OCC3c3ccccc3)cc2)cc1Nc1nccc(N2CCOCC2)n1. The lowest BCUT2D eigenvalue weighted by molar-refractivity contribution is -0.128. The fourth-order valence-corrected chi connectivity index (χ4v) is 5.19. The summed E-state index contributed by atoms with van der Waals surface area (Å²) in [5, 5.41) is 6.20. The van der Waals surface area contributed by atoms with E-state index in [9.17, 15) is 14.4 Å². The largest absolute Gasteiger partial charge is 0.446 e. The first-order valence-corrected chi connectivity index (χ1v) is 14.4. The molecule has 0 radical (unpaired) electrons. The minimum absolute atomic E-state index is 0.00212. The number of anilines is 4. The van der Waals surface area contributed by atoms with E-state index in [1.807, 2.05) is 61.5 Å². The summed E-state index contributed by atoms with van der Waals surface area (Å²) in [4.78, 5) is 50.8. The molecule has 2 N–H and O–H groups in total. The quantitative estimate of drug-likeness (QED) is 0.294. The number of rotatable bonds is 8. The van der Waals surface area contributed by atoms with E-state index >= 15 is 0 Å². The standard InChI is InChI=1S/C33H32N6O5/c1-22-7-12-26(20-27(22)36-32-34-14-13-29(37-32)38-15-17-43-18-16-38)35-31(41)25-10-8-23(9-11-25)19-30(40)39-28(21-44-33(39)42)24-5-3-2-4-6-24/h2-14,20,28H,15-19,21H2,1H3,(H,35,41)(H,34,36,37). The molecule has 224 valence electrons. The van der Waals surface area contributed by atoms with Gasteiger partial charge in [0.05, 0.1) is 19.6 Å². The number of aryl methyl sites for hydroxylation is 1. The molecule has 44 heavy (non-hydrogen) atoms. The summed E-state index contributed by atoms with van der Waals surface area (Å²) >= 11 is 0. The Balaban J connectivity index is 1.09. The Bertz CT molecular complexity index is 1660. The number of carbonyl (C=O) groups excluding carboxylic acids is 3. The van der Waals surface area contributed by atoms with Gasteiger partial charge < -0.3 is 25.0 Å². The minimum atomic E-state index is -0.650. The molecule has 1 atom stereocenters. The van der Waals surface area contributed by atoms with Gasteiger partial charge in [-0.25, -0.2) is 14.7 Å². The van der Waals surface area contributed by atoms with Gasteiger partial charge in [0, 0.05) is 36.2 Å². The van der Waals surface area contributed by atoms with Gasteiger partial charge in [0.2, 0.25) is 11.9 Å². The van der Waals surface area contributed by atoms with Crippen LogP contribution in [0.2, 0.25) is 0 Å². The maximum absolute atomic E-state index is 13.1. The van der Waals surface area contributed by atoms with Crippen LogP contribution in [-0.4, -0.2) is 65.7 Å². The number of ether oxygens (including phenoxy) is 2. The molecular formula is C33H32N6O5. The predicted molar refractivity (Wildman–Crippen MR) is 165 cm³/mol. The topological polar surface area (TPSA) is 126 Å². The van der Waals surface area contributed by atoms with E-state index < -0.39 is 12.1 Å². The van der Waals surface area contributed by atoms with Gasteiger partial charge in [0.15, 0.2) is 0 Å². The van der Waals surface area contributed by atoms with Crippen molar-refractivity contribution in [2.24, 2.45) is 0 Å². The molecule has 3 amide bonds. The number of imide groups is 1. The Labute approximate surface area is 254 Å². The Hall–Kier alpha value is -5.29. The summed E-state index contributed by atoms with van der Waals surface area (Å²) < 4.78 is 10.6. The Morgan fingerprint density at radius 3 is 2.52 bits per heavy atom. The molecule has 3 heterocycles. The lowest BCUT2D eigenvalue weighted by Crippen LogP contribution is -2.36. The van der Waals surface area contributed by atoms with Gasteiger partial charge >= 0.3 is 6.09 Å². The molecule has 0 bridgehead atoms. The molecule has 2 aliphatic heterocycles. The second-order valence-corrected chi connectivity index (χ2v) is 10.6. The van der Waals surface area contributed by atoms with Crippen molar-refractivity contribution in [1.82, 2.24) is 14.9 Å². The van der Waals surface area contributed by atoms with Crippen molar-refractivity contribution in [2.75, 3.05) is 48.4 Å². The molecular weight excluding hydrogens is 560 g/mol. The van der Waals surface area contributed by atoms with E-state index in [-0.39, 0.29) is 24.8 Å². The predicted octanol–water partition coefficient (Wildman–Crippen LogP) is 4.88. The number of carbonyl (C=O) groups is 3. The summed E-state index contributed by atoms with van der Waals surface area (Å²) in [7, 11) is 0. The highest BCUT2D eigenvalue weighted by Gasteiger charge is 2.38. The fraction of sp³-hybridized carbons (Fsp3) is 0.242. The first kappa shape index (κ1) is 28.8. The molecule has 4 aromatic rings. The molecule has 1 aromatic heterocycles. The summed E-state index contributed by atoms with van der Waals surface area (Å²) in [5.74, 6) is 0.630. The van der Waals surface area contributed by atoms with Crippen molar-refractivity contribution in [3.63, 3.8) is 0 Å². The van der Waals surface area contributed by atoms with Crippen LogP contribution in [0.4, 0.5) is 27.9 Å². The van der Waals surface area contributed by atoms with Gasteiger partial charge in [0.25, 0.3) is 5.91 Å². The molecule has 0 aliphatic carbocycles. The smallest absolute Gasteiger partial charge is 0.417 e. The summed E-state index contributed by atoms with van der Waals surface area (Å²) in [5.41, 5.74) is 4.28. The summed E-state index contributed by atoms with van der Waals surface area (Å²) in [6.07, 6.45) is 1.07. The van der Waals surface area contributed by atoms with Crippen molar-refractivity contribution >= 4 is 41.0 Å². The molecule has 2 fully saturated rings. The zero-order valence-electron chi connectivity index (χ0n) is 24.2. The van der Waals surface area contributed by atoms with Crippen molar-refractivity contribution in [3.05, 3.63) is 107 Å². The number of cyclic esters (lactones) is 1. The number of nitrogens with zero attached hydrogens (tertiary/aromatic N) is 4. The van der Waals surface area contributed by atoms with E-state index in [4.69, 9.17) is 9.47 Å². The minimum Gasteiger partial charge on any atom is -0.446 e. The van der Waals surface area contributed by atoms with Crippen molar-refractivity contribution in [1.29, 1.82) is 0 Å². The number of aromatic nitrogens is 2. The second kappa shape index (κ2) is 12.9. The highest BCUT2D eigenvalue weighted by Crippen LogP contribution is 2.29. The lowest BCUT2D eigenvalue weighted by atomic mass is 10.0. The third-order valence-corrected chi connectivity index (χ3v) is 7.62. The van der Waals surface area contributed by atoms with Crippen LogP contribution in [0.1, 0.15) is 33.1 Å². The van der Waals surface area contributed by atoms with Crippen molar-refractivity contribution < 1.29 is 23.9 Å². The number of morpholine rings is 1. The zero-order valence-corrected chi connectivity index (χ0v) is 24.2. The van der Waals surface area contributed by atoms with E-state index in [0.717, 1.165) is 35.7 Å². The first-order valence-electron chi connectivity index (χ1n) is 14.4. The van der Waals surface area contributed by atoms with Gasteiger partial charge in [-0.3, -0.25) is 9.59 Å². The highest BCUT2D eigenvalue weighted by atomic mass is 16.6. The second-order valence-electron chi connectivity index (χ2n) is 10.6. The fourth-order valence-electron chi connectivity index (χ4n) is 5.19. The molecule has 0 saturated carbocycles. The van der Waals surface area contributed by atoms with E-state index in [2.05, 4.69) is 25.5 Å². The lowest BCUT2D eigenvalue weighted by Gasteiger charge is -2.27. The maximum Gasteiger partial charge on any atom is 0.417 e. The number of hydrogen-bond donors (Lipinski definition) is 2. The van der Waals surface area contributed by atoms with Gasteiger partial charge in [-0.1, -0.05) is 48.5 Å². The molecule has 1 unspecified atom stereocenters. The van der Waals surface area contributed by atoms with Gasteiger partial charge in [-0.2, -0.15) is 4.98 Å². The molecule has 11 nitrogen and oxygen atoms in total. The average molecular weight is 593 g/mol. The highest BCUT2D eigenvalue weighted by molar-refractivity contribution is 6.04. The Morgan fingerprint density at radius 2 is 1.75 bits per heavy atom. The maximum atomic E-state index is 13.1. The molecule has 2 aliphatic rings. The van der Waals surface area contributed by atoms with Crippen LogP contribution >= 0.6 is 0 Å². The average Bonchev–Trinajstić information content (AvgIpc) is 3.45. The van der Waals surface area contributed by atoms with Gasteiger partial charge in [0.1, 0.15) is 18.5 Å². The van der Waals surface area contributed by atoms with Crippen LogP contribution in [-0.2, 0) is 20.7 Å². The number of benzene rings is 3. The zero-order chi connectivity index (χ0) is 30.5. The number of amides is 3. The van der Waals surface area contributed by atoms with Crippen LogP contribution in [0.5, 0.6) is 0 Å². The van der Waals surface area contributed by atoms with Crippen LogP contribution in [0.15, 0.2) is 85.1 Å². The van der Waals surface area contributed by atoms with Crippen LogP contribution in [0.3, 0.4) is 0 Å². The molecule has 6 rings (SSSR count). The van der Waals surface area contributed by atoms with Crippen LogP contribution in [0, 0.1) is 6.92 Å². The molecule has 3 aromatic carbocycles. The summed E-state index contributed by atoms with van der Waals surface area (Å²) in [6, 6.07) is 23.1. The normalized spacial score (nSPS) is 16.4. The van der Waals surface area contributed by atoms with Crippen LogP contribution < -0.4 is 15.5 Å². The van der Waals surface area contributed by atoms with E-state index in [1.54, 1.807) is 30.5 Å². The van der Waals surface area contributed by atoms with E-state index in [0.29, 0.717) is 36.0 Å². The Morgan fingerprint density at radius 1 is 0.977 bits per heavy atom. The van der Waals surface area contributed by atoms with Gasteiger partial charge in [-0.15, -0.1) is 0 Å². The number of nitrogens with one attached hydrogen (secondary N) is 2.